The van der Waals surface area contributed by atoms with E-state index < -0.39 is 0 Å². The van der Waals surface area contributed by atoms with E-state index in [-0.39, 0.29) is 0 Å². The highest BCUT2D eigenvalue weighted by molar-refractivity contribution is 5.68. The van der Waals surface area contributed by atoms with Crippen molar-refractivity contribution in [1.29, 1.82) is 5.26 Å². The number of aryl methyl sites for hydroxylation is 1. The number of hydrogen-bond donors (Lipinski definition) is 0. The molecule has 0 bridgehead atoms. The van der Waals surface area contributed by atoms with Crippen LogP contribution in [0.5, 0.6) is 0 Å². The number of rotatable bonds is 1. The minimum atomic E-state index is 0.732. The summed E-state index contributed by atoms with van der Waals surface area (Å²) in [5.41, 5.74) is 3.16. The fourth-order valence-corrected chi connectivity index (χ4v) is 2.34. The van der Waals surface area contributed by atoms with E-state index in [1.54, 1.807) is 6.20 Å². The van der Waals surface area contributed by atoms with Gasteiger partial charge in [0.1, 0.15) is 5.82 Å². The summed E-state index contributed by atoms with van der Waals surface area (Å²) in [5, 5.41) is 13.1. The van der Waals surface area contributed by atoms with Crippen LogP contribution in [0.2, 0.25) is 0 Å². The van der Waals surface area contributed by atoms with Crippen molar-refractivity contribution in [2.75, 3.05) is 11.4 Å². The van der Waals surface area contributed by atoms with Gasteiger partial charge < -0.3 is 4.90 Å². The lowest BCUT2D eigenvalue weighted by Crippen LogP contribution is -2.16. The van der Waals surface area contributed by atoms with Crippen molar-refractivity contribution in [3.05, 3.63) is 41.6 Å². The largest absolute Gasteiger partial charge is 0.326 e. The minimum absolute atomic E-state index is 0.732. The molecule has 2 heterocycles. The molecule has 0 atom stereocenters. The molecule has 0 N–H and O–H groups in total. The molecule has 0 fully saturated rings. The van der Waals surface area contributed by atoms with Crippen molar-refractivity contribution in [2.45, 2.75) is 6.42 Å². The average Bonchev–Trinajstić information content (AvgIpc) is 2.94. The van der Waals surface area contributed by atoms with E-state index in [0.29, 0.717) is 0 Å². The summed E-state index contributed by atoms with van der Waals surface area (Å²) >= 11 is 0. The van der Waals surface area contributed by atoms with Crippen LogP contribution < -0.4 is 4.90 Å². The maximum Gasteiger partial charge on any atom is 0.130 e. The molecule has 84 valence electrons. The molecule has 0 radical (unpaired) electrons. The van der Waals surface area contributed by atoms with Crippen LogP contribution in [0.15, 0.2) is 30.5 Å². The van der Waals surface area contributed by atoms with Gasteiger partial charge in [0.15, 0.2) is 0 Å². The lowest BCUT2D eigenvalue weighted by molar-refractivity contribution is 0.752. The molecule has 2 aromatic rings. The first-order chi connectivity index (χ1) is 8.29. The normalized spacial score (nSPS) is 13.5. The third-order valence-electron chi connectivity index (χ3n) is 3.18. The molecule has 1 aliphatic heterocycles. The highest BCUT2D eigenvalue weighted by Crippen LogP contribution is 2.34. The predicted molar refractivity (Wildman–Crippen MR) is 65.1 cm³/mol. The Hall–Kier alpha value is -2.28. The van der Waals surface area contributed by atoms with Crippen LogP contribution in [-0.2, 0) is 13.5 Å². The van der Waals surface area contributed by atoms with E-state index >= 15 is 0 Å². The van der Waals surface area contributed by atoms with Crippen molar-refractivity contribution in [3.8, 4) is 6.07 Å². The molecule has 4 nitrogen and oxygen atoms in total. The van der Waals surface area contributed by atoms with Crippen molar-refractivity contribution >= 4 is 11.5 Å². The van der Waals surface area contributed by atoms with Crippen LogP contribution in [0.3, 0.4) is 0 Å². The first-order valence-electron chi connectivity index (χ1n) is 5.58. The molecule has 0 unspecified atom stereocenters. The van der Waals surface area contributed by atoms with Gasteiger partial charge in [-0.1, -0.05) is 0 Å². The second-order valence-corrected chi connectivity index (χ2v) is 4.17. The Balaban J connectivity index is 2.06. The number of anilines is 2. The van der Waals surface area contributed by atoms with Gasteiger partial charge >= 0.3 is 0 Å². The molecule has 3 rings (SSSR count). The lowest BCUT2D eigenvalue weighted by atomic mass is 10.1. The number of hydrogen-bond acceptors (Lipinski definition) is 3. The van der Waals surface area contributed by atoms with Crippen molar-refractivity contribution < 1.29 is 0 Å². The van der Waals surface area contributed by atoms with Gasteiger partial charge in [0.25, 0.3) is 0 Å². The molecule has 0 spiro atoms. The summed E-state index contributed by atoms with van der Waals surface area (Å²) in [4.78, 5) is 2.24. The molecule has 17 heavy (non-hydrogen) atoms. The van der Waals surface area contributed by atoms with Gasteiger partial charge in [-0.15, -0.1) is 0 Å². The number of nitriles is 1. The summed E-state index contributed by atoms with van der Waals surface area (Å²) in [6, 6.07) is 10.1. The molecule has 0 aliphatic carbocycles. The maximum atomic E-state index is 8.89. The lowest BCUT2D eigenvalue weighted by Gasteiger charge is -2.18. The zero-order chi connectivity index (χ0) is 11.8. The summed E-state index contributed by atoms with van der Waals surface area (Å²) in [5.74, 6) is 1.09. The average molecular weight is 224 g/mol. The summed E-state index contributed by atoms with van der Waals surface area (Å²) in [7, 11) is 1.94. The van der Waals surface area contributed by atoms with E-state index in [0.717, 1.165) is 24.3 Å². The van der Waals surface area contributed by atoms with Gasteiger partial charge in [0, 0.05) is 25.3 Å². The number of aromatic nitrogens is 2. The number of fused-ring (bicyclic) bond motifs is 1. The Morgan fingerprint density at radius 3 is 2.94 bits per heavy atom. The second kappa shape index (κ2) is 3.63. The highest BCUT2D eigenvalue weighted by atomic mass is 15.4. The Kier molecular flexibility index (Phi) is 2.12. The minimum Gasteiger partial charge on any atom is -0.326 e. The van der Waals surface area contributed by atoms with Gasteiger partial charge in [-0.2, -0.15) is 10.4 Å². The molecular weight excluding hydrogens is 212 g/mol. The Morgan fingerprint density at radius 2 is 2.24 bits per heavy atom. The molecule has 0 amide bonds. The first kappa shape index (κ1) is 9.91. The monoisotopic (exact) mass is 224 g/mol. The molecule has 4 heteroatoms. The van der Waals surface area contributed by atoms with Gasteiger partial charge in [-0.05, 0) is 30.2 Å². The van der Waals surface area contributed by atoms with Gasteiger partial charge in [0.2, 0.25) is 0 Å². The van der Waals surface area contributed by atoms with Crippen molar-refractivity contribution in [3.63, 3.8) is 0 Å². The number of benzene rings is 1. The molecular formula is C13H12N4. The smallest absolute Gasteiger partial charge is 0.130 e. The topological polar surface area (TPSA) is 44.9 Å². The van der Waals surface area contributed by atoms with Gasteiger partial charge in [-0.3, -0.25) is 4.68 Å². The van der Waals surface area contributed by atoms with Gasteiger partial charge in [0.05, 0.1) is 17.8 Å². The van der Waals surface area contributed by atoms with E-state index in [1.807, 2.05) is 36.0 Å². The Labute approximate surface area is 99.7 Å². The van der Waals surface area contributed by atoms with Crippen molar-refractivity contribution in [2.24, 2.45) is 7.05 Å². The second-order valence-electron chi connectivity index (χ2n) is 4.17. The van der Waals surface area contributed by atoms with Crippen LogP contribution in [0.4, 0.5) is 11.5 Å². The van der Waals surface area contributed by atoms with E-state index in [4.69, 9.17) is 5.26 Å². The predicted octanol–water partition coefficient (Wildman–Crippen LogP) is 1.99. The summed E-state index contributed by atoms with van der Waals surface area (Å²) in [6.07, 6.45) is 2.78. The quantitative estimate of drug-likeness (QED) is 0.744. The summed E-state index contributed by atoms with van der Waals surface area (Å²) < 4.78 is 1.87. The maximum absolute atomic E-state index is 8.89. The first-order valence-corrected chi connectivity index (χ1v) is 5.58. The molecule has 0 saturated carbocycles. The van der Waals surface area contributed by atoms with E-state index in [2.05, 4.69) is 16.1 Å². The molecule has 0 saturated heterocycles. The van der Waals surface area contributed by atoms with Crippen LogP contribution in [0.1, 0.15) is 11.1 Å². The van der Waals surface area contributed by atoms with E-state index in [9.17, 15) is 0 Å². The third-order valence-corrected chi connectivity index (χ3v) is 3.18. The van der Waals surface area contributed by atoms with E-state index in [1.165, 1.54) is 11.3 Å². The molecule has 1 aromatic heterocycles. The Morgan fingerprint density at radius 1 is 1.35 bits per heavy atom. The van der Waals surface area contributed by atoms with Gasteiger partial charge in [-0.25, -0.2) is 0 Å². The SMILES string of the molecule is Cn1nccc1N1CCc2cc(C#N)ccc21. The Bertz CT molecular complexity index is 606. The molecule has 1 aromatic carbocycles. The van der Waals surface area contributed by atoms with Crippen LogP contribution in [0, 0.1) is 11.3 Å². The molecule has 1 aliphatic rings. The van der Waals surface area contributed by atoms with Crippen LogP contribution in [0.25, 0.3) is 0 Å². The number of nitrogens with zero attached hydrogens (tertiary/aromatic N) is 4. The zero-order valence-electron chi connectivity index (χ0n) is 9.59. The van der Waals surface area contributed by atoms with Crippen molar-refractivity contribution in [1.82, 2.24) is 9.78 Å². The standard InChI is InChI=1S/C13H12N4/c1-16-13(4-6-15-16)17-7-5-11-8-10(9-14)2-3-12(11)17/h2-4,6,8H,5,7H2,1H3. The third kappa shape index (κ3) is 1.48. The zero-order valence-corrected chi connectivity index (χ0v) is 9.59. The fraction of sp³-hybridized carbons (Fsp3) is 0.231. The fourth-order valence-electron chi connectivity index (χ4n) is 2.34. The van der Waals surface area contributed by atoms with Crippen LogP contribution in [-0.4, -0.2) is 16.3 Å². The van der Waals surface area contributed by atoms with Crippen LogP contribution >= 0.6 is 0 Å². The highest BCUT2D eigenvalue weighted by Gasteiger charge is 2.22. The summed E-state index contributed by atoms with van der Waals surface area (Å²) in [6.45, 7) is 0.948.